The van der Waals surface area contributed by atoms with E-state index in [1.807, 2.05) is 0 Å². The van der Waals surface area contributed by atoms with Crippen molar-refractivity contribution in [2.75, 3.05) is 18.0 Å². The molecule has 0 unspecified atom stereocenters. The Morgan fingerprint density at radius 2 is 1.72 bits per heavy atom. The summed E-state index contributed by atoms with van der Waals surface area (Å²) in [7, 11) is 0. The van der Waals surface area contributed by atoms with Gasteiger partial charge in [0.1, 0.15) is 0 Å². The fourth-order valence-corrected chi connectivity index (χ4v) is 2.84. The van der Waals surface area contributed by atoms with Gasteiger partial charge in [-0.05, 0) is 36.8 Å². The van der Waals surface area contributed by atoms with E-state index in [1.54, 1.807) is 0 Å². The summed E-state index contributed by atoms with van der Waals surface area (Å²) < 4.78 is 0. The second-order valence-electron chi connectivity index (χ2n) is 4.95. The third kappa shape index (κ3) is 2.68. The van der Waals surface area contributed by atoms with Crippen LogP contribution in [0.3, 0.4) is 0 Å². The molecule has 1 fully saturated rings. The maximum Gasteiger partial charge on any atom is 0.0821 e. The standard InChI is InChI=1S/C15H24N2O/c1-3-12-6-5-7-13(4-2)15(12)17-10-8-14(18-16)9-11-17/h5-7,14H,3-4,8-11,16H2,1-2H3. The molecule has 100 valence electrons. The van der Waals surface area contributed by atoms with Gasteiger partial charge in [-0.25, -0.2) is 5.90 Å². The average molecular weight is 248 g/mol. The third-order valence-corrected chi connectivity index (χ3v) is 3.92. The molecule has 0 saturated carbocycles. The minimum Gasteiger partial charge on any atom is -0.371 e. The van der Waals surface area contributed by atoms with Crippen LogP contribution >= 0.6 is 0 Å². The summed E-state index contributed by atoms with van der Waals surface area (Å²) in [5, 5.41) is 0. The van der Waals surface area contributed by atoms with Gasteiger partial charge in [-0.2, -0.15) is 0 Å². The Kier molecular flexibility index (Phi) is 4.61. The fraction of sp³-hybridized carbons (Fsp3) is 0.600. The van der Waals surface area contributed by atoms with Crippen molar-refractivity contribution >= 4 is 5.69 Å². The van der Waals surface area contributed by atoms with E-state index >= 15 is 0 Å². The maximum atomic E-state index is 5.28. The lowest BCUT2D eigenvalue weighted by Gasteiger charge is -2.35. The molecular formula is C15H24N2O. The van der Waals surface area contributed by atoms with Crippen molar-refractivity contribution in [3.05, 3.63) is 29.3 Å². The van der Waals surface area contributed by atoms with Crippen molar-refractivity contribution < 1.29 is 4.84 Å². The van der Waals surface area contributed by atoms with Crippen molar-refractivity contribution in [2.24, 2.45) is 5.90 Å². The summed E-state index contributed by atoms with van der Waals surface area (Å²) in [5.41, 5.74) is 4.38. The number of nitrogens with zero attached hydrogens (tertiary/aromatic N) is 1. The molecule has 0 aliphatic carbocycles. The molecule has 0 aromatic heterocycles. The molecular weight excluding hydrogens is 224 g/mol. The van der Waals surface area contributed by atoms with Gasteiger partial charge in [0.15, 0.2) is 0 Å². The summed E-state index contributed by atoms with van der Waals surface area (Å²) in [6.45, 7) is 6.56. The fourth-order valence-electron chi connectivity index (χ4n) is 2.84. The van der Waals surface area contributed by atoms with E-state index in [0.717, 1.165) is 38.8 Å². The van der Waals surface area contributed by atoms with E-state index < -0.39 is 0 Å². The van der Waals surface area contributed by atoms with Crippen LogP contribution in [-0.2, 0) is 17.7 Å². The number of nitrogens with two attached hydrogens (primary N) is 1. The first-order chi connectivity index (χ1) is 8.80. The highest BCUT2D eigenvalue weighted by Crippen LogP contribution is 2.29. The molecule has 1 heterocycles. The van der Waals surface area contributed by atoms with Crippen molar-refractivity contribution in [3.63, 3.8) is 0 Å². The molecule has 0 spiro atoms. The number of hydrogen-bond donors (Lipinski definition) is 1. The Morgan fingerprint density at radius 3 is 2.17 bits per heavy atom. The molecule has 0 bridgehead atoms. The summed E-state index contributed by atoms with van der Waals surface area (Å²) in [6.07, 6.45) is 4.47. The number of rotatable bonds is 4. The number of benzene rings is 1. The predicted octanol–water partition coefficient (Wildman–Crippen LogP) is 2.67. The van der Waals surface area contributed by atoms with Gasteiger partial charge in [-0.3, -0.25) is 0 Å². The van der Waals surface area contributed by atoms with Crippen molar-refractivity contribution in [3.8, 4) is 0 Å². The molecule has 0 atom stereocenters. The minimum atomic E-state index is 0.236. The Balaban J connectivity index is 2.22. The summed E-state index contributed by atoms with van der Waals surface area (Å²) in [6, 6.07) is 6.68. The van der Waals surface area contributed by atoms with Gasteiger partial charge in [0.2, 0.25) is 0 Å². The molecule has 0 radical (unpaired) electrons. The molecule has 18 heavy (non-hydrogen) atoms. The number of piperidine rings is 1. The molecule has 1 aromatic carbocycles. The predicted molar refractivity (Wildman–Crippen MR) is 75.7 cm³/mol. The van der Waals surface area contributed by atoms with Crippen LogP contribution in [-0.4, -0.2) is 19.2 Å². The SMILES string of the molecule is CCc1cccc(CC)c1N1CCC(ON)CC1. The molecule has 3 nitrogen and oxygen atoms in total. The van der Waals surface area contributed by atoms with Crippen LogP contribution in [0, 0.1) is 0 Å². The van der Waals surface area contributed by atoms with E-state index in [4.69, 9.17) is 10.7 Å². The van der Waals surface area contributed by atoms with Crippen molar-refractivity contribution in [1.82, 2.24) is 0 Å². The van der Waals surface area contributed by atoms with Gasteiger partial charge in [-0.15, -0.1) is 0 Å². The lowest BCUT2D eigenvalue weighted by Crippen LogP contribution is -2.38. The largest absolute Gasteiger partial charge is 0.371 e. The number of hydrogen-bond acceptors (Lipinski definition) is 3. The van der Waals surface area contributed by atoms with Gasteiger partial charge in [0, 0.05) is 18.8 Å². The first-order valence-corrected chi connectivity index (χ1v) is 7.01. The zero-order valence-electron chi connectivity index (χ0n) is 11.5. The van der Waals surface area contributed by atoms with Gasteiger partial charge >= 0.3 is 0 Å². The van der Waals surface area contributed by atoms with Crippen LogP contribution in [0.4, 0.5) is 5.69 Å². The summed E-state index contributed by atoms with van der Waals surface area (Å²) >= 11 is 0. The van der Waals surface area contributed by atoms with Crippen molar-refractivity contribution in [2.45, 2.75) is 45.6 Å². The van der Waals surface area contributed by atoms with E-state index in [-0.39, 0.29) is 6.10 Å². The van der Waals surface area contributed by atoms with Crippen LogP contribution in [0.5, 0.6) is 0 Å². The van der Waals surface area contributed by atoms with Gasteiger partial charge in [-0.1, -0.05) is 32.0 Å². The Hall–Kier alpha value is -1.06. The number of aryl methyl sites for hydroxylation is 2. The number of para-hydroxylation sites is 1. The summed E-state index contributed by atoms with van der Waals surface area (Å²) in [5.74, 6) is 5.28. The second kappa shape index (κ2) is 6.21. The average Bonchev–Trinajstić information content (AvgIpc) is 2.46. The van der Waals surface area contributed by atoms with Crippen LogP contribution in [0.15, 0.2) is 18.2 Å². The zero-order chi connectivity index (χ0) is 13.0. The monoisotopic (exact) mass is 248 g/mol. The highest BCUT2D eigenvalue weighted by Gasteiger charge is 2.22. The third-order valence-electron chi connectivity index (χ3n) is 3.92. The molecule has 2 rings (SSSR count). The molecule has 1 saturated heterocycles. The van der Waals surface area contributed by atoms with Crippen LogP contribution in [0.2, 0.25) is 0 Å². The first-order valence-electron chi connectivity index (χ1n) is 7.01. The topological polar surface area (TPSA) is 38.5 Å². The Bertz CT molecular complexity index is 362. The molecule has 0 amide bonds. The minimum absolute atomic E-state index is 0.236. The lowest BCUT2D eigenvalue weighted by molar-refractivity contribution is 0.0367. The van der Waals surface area contributed by atoms with E-state index in [9.17, 15) is 0 Å². The van der Waals surface area contributed by atoms with Gasteiger partial charge < -0.3 is 9.74 Å². The van der Waals surface area contributed by atoms with Crippen LogP contribution in [0.25, 0.3) is 0 Å². The normalized spacial score (nSPS) is 17.2. The first kappa shape index (κ1) is 13.4. The maximum absolute atomic E-state index is 5.28. The molecule has 2 N–H and O–H groups in total. The molecule has 1 aliphatic rings. The Labute approximate surface area is 110 Å². The number of anilines is 1. The summed E-state index contributed by atoms with van der Waals surface area (Å²) in [4.78, 5) is 7.47. The Morgan fingerprint density at radius 1 is 1.17 bits per heavy atom. The van der Waals surface area contributed by atoms with Gasteiger partial charge in [0.05, 0.1) is 6.10 Å². The van der Waals surface area contributed by atoms with Crippen LogP contribution < -0.4 is 10.8 Å². The zero-order valence-corrected chi connectivity index (χ0v) is 11.5. The molecule has 1 aliphatic heterocycles. The van der Waals surface area contributed by atoms with E-state index in [1.165, 1.54) is 16.8 Å². The smallest absolute Gasteiger partial charge is 0.0821 e. The highest BCUT2D eigenvalue weighted by atomic mass is 16.6. The molecule has 3 heteroatoms. The molecule has 1 aromatic rings. The second-order valence-corrected chi connectivity index (χ2v) is 4.95. The van der Waals surface area contributed by atoms with E-state index in [2.05, 4.69) is 36.9 Å². The van der Waals surface area contributed by atoms with Crippen LogP contribution in [0.1, 0.15) is 37.8 Å². The quantitative estimate of drug-likeness (QED) is 0.833. The highest BCUT2D eigenvalue weighted by molar-refractivity contribution is 5.60. The lowest BCUT2D eigenvalue weighted by atomic mass is 9.99. The van der Waals surface area contributed by atoms with E-state index in [0.29, 0.717) is 0 Å². The van der Waals surface area contributed by atoms with Gasteiger partial charge in [0.25, 0.3) is 0 Å². The van der Waals surface area contributed by atoms with Crippen molar-refractivity contribution in [1.29, 1.82) is 0 Å².